The Bertz CT molecular complexity index is 1310. The van der Waals surface area contributed by atoms with Gasteiger partial charge in [-0.15, -0.1) is 0 Å². The molecule has 1 aromatic rings. The maximum Gasteiger partial charge on any atom is 0.313 e. The van der Waals surface area contributed by atoms with Crippen molar-refractivity contribution in [2.75, 3.05) is 12.4 Å². The quantitative estimate of drug-likeness (QED) is 0.338. The summed E-state index contributed by atoms with van der Waals surface area (Å²) in [5, 5.41) is 11.7. The lowest BCUT2D eigenvalue weighted by atomic mass is 9.66. The zero-order chi connectivity index (χ0) is 31.2. The summed E-state index contributed by atoms with van der Waals surface area (Å²) in [6.07, 6.45) is 5.57. The number of fused-ring (bicyclic) bond motifs is 3. The second-order valence-corrected chi connectivity index (χ2v) is 13.4. The fraction of sp³-hybridized carbons (Fsp3) is 0.656. The third kappa shape index (κ3) is 5.19. The van der Waals surface area contributed by atoms with Crippen molar-refractivity contribution in [3.63, 3.8) is 0 Å². The first-order chi connectivity index (χ1) is 20.3. The number of rotatable bonds is 8. The Kier molecular flexibility index (Phi) is 8.32. The molecule has 3 unspecified atom stereocenters. The molecule has 234 valence electrons. The largest absolute Gasteiger partial charge is 0.448 e. The molecule has 4 fully saturated rings. The average Bonchev–Trinajstić information content (AvgIpc) is 3.53. The molecule has 3 heterocycles. The molecule has 3 saturated heterocycles. The van der Waals surface area contributed by atoms with Gasteiger partial charge in [-0.3, -0.25) is 24.0 Å². The van der Waals surface area contributed by atoms with E-state index in [1.54, 1.807) is 37.1 Å². The first kappa shape index (κ1) is 31.0. The number of hydrogen-bond acceptors (Lipinski definition) is 7. The van der Waals surface area contributed by atoms with Gasteiger partial charge < -0.3 is 30.9 Å². The van der Waals surface area contributed by atoms with E-state index in [4.69, 9.17) is 4.74 Å². The molecule has 11 nitrogen and oxygen atoms in total. The van der Waals surface area contributed by atoms with Crippen molar-refractivity contribution in [2.24, 2.45) is 10.8 Å². The summed E-state index contributed by atoms with van der Waals surface area (Å²) in [5.41, 5.74) is -1.23. The molecule has 0 aromatic heterocycles. The number of amides is 4. The highest BCUT2D eigenvalue weighted by Crippen LogP contribution is 2.65. The Hall–Kier alpha value is -3.47. The summed E-state index contributed by atoms with van der Waals surface area (Å²) in [4.78, 5) is 67.4. The van der Waals surface area contributed by atoms with Gasteiger partial charge in [0.05, 0.1) is 11.5 Å². The first-order valence-electron chi connectivity index (χ1n) is 15.6. The van der Waals surface area contributed by atoms with Gasteiger partial charge in [0.2, 0.25) is 17.7 Å². The number of nitrogens with zero attached hydrogens (tertiary/aromatic N) is 1. The standard InChI is InChI=1S/C32H45N5O6/c1-19(33-5)25(38)36-23-12-7-6-11-22-13-14-24(37(22)27(23)40)26(39)34-18-20-9-8-10-21(17-20)35-28(41)32-16-15-31(4,29(42)43-32)30(32,2)3/h8-10,17,19,22-24,33H,6-7,11-16,18H2,1-5H3,(H,34,39)(H,35,41)(H,36,38)/t19-,22-,23?,24?,31-,32?/m0/s1. The summed E-state index contributed by atoms with van der Waals surface area (Å²) in [6.45, 7) is 7.66. The summed E-state index contributed by atoms with van der Waals surface area (Å²) in [7, 11) is 1.70. The molecular formula is C32H45N5O6. The third-order valence-corrected chi connectivity index (χ3v) is 10.9. The van der Waals surface area contributed by atoms with Gasteiger partial charge in [-0.25, -0.2) is 0 Å². The molecule has 0 spiro atoms. The summed E-state index contributed by atoms with van der Waals surface area (Å²) < 4.78 is 5.71. The highest BCUT2D eigenvalue weighted by molar-refractivity contribution is 6.03. The van der Waals surface area contributed by atoms with E-state index in [-0.39, 0.29) is 42.2 Å². The number of carbonyl (C=O) groups excluding carboxylic acids is 5. The normalized spacial score (nSPS) is 31.8. The summed E-state index contributed by atoms with van der Waals surface area (Å²) in [5.74, 6) is -1.33. The van der Waals surface area contributed by atoms with E-state index in [9.17, 15) is 24.0 Å². The van der Waals surface area contributed by atoms with E-state index in [0.29, 0.717) is 31.4 Å². The maximum absolute atomic E-state index is 13.7. The van der Waals surface area contributed by atoms with Crippen molar-refractivity contribution >= 4 is 35.3 Å². The Morgan fingerprint density at radius 3 is 2.47 bits per heavy atom. The minimum absolute atomic E-state index is 0.0195. The van der Waals surface area contributed by atoms with Crippen molar-refractivity contribution in [3.8, 4) is 0 Å². The molecule has 4 amide bonds. The van der Waals surface area contributed by atoms with Gasteiger partial charge in [0.1, 0.15) is 12.1 Å². The van der Waals surface area contributed by atoms with Gasteiger partial charge in [0.25, 0.3) is 5.91 Å². The lowest BCUT2D eigenvalue weighted by Crippen LogP contribution is -2.57. The zero-order valence-corrected chi connectivity index (χ0v) is 25.9. The van der Waals surface area contributed by atoms with Crippen LogP contribution >= 0.6 is 0 Å². The van der Waals surface area contributed by atoms with Gasteiger partial charge in [0.15, 0.2) is 5.60 Å². The van der Waals surface area contributed by atoms with Crippen LogP contribution in [0.1, 0.15) is 84.6 Å². The lowest BCUT2D eigenvalue weighted by molar-refractivity contribution is -0.165. The van der Waals surface area contributed by atoms with Gasteiger partial charge in [-0.2, -0.15) is 0 Å². The van der Waals surface area contributed by atoms with E-state index in [0.717, 1.165) is 31.2 Å². The number of ether oxygens (including phenoxy) is 1. The van der Waals surface area contributed by atoms with Crippen LogP contribution in [0.4, 0.5) is 5.69 Å². The van der Waals surface area contributed by atoms with Crippen molar-refractivity contribution in [1.29, 1.82) is 0 Å². The molecule has 4 N–H and O–H groups in total. The monoisotopic (exact) mass is 595 g/mol. The molecule has 5 rings (SSSR count). The molecule has 11 heteroatoms. The predicted molar refractivity (Wildman–Crippen MR) is 159 cm³/mol. The second-order valence-electron chi connectivity index (χ2n) is 13.4. The van der Waals surface area contributed by atoms with E-state index < -0.39 is 34.6 Å². The summed E-state index contributed by atoms with van der Waals surface area (Å²) in [6, 6.07) is 5.51. The van der Waals surface area contributed by atoms with Crippen LogP contribution in [0.25, 0.3) is 0 Å². The number of likely N-dealkylation sites (N-methyl/N-ethyl adjacent to an activating group) is 1. The second kappa shape index (κ2) is 11.6. The van der Waals surface area contributed by atoms with E-state index in [1.165, 1.54) is 0 Å². The van der Waals surface area contributed by atoms with Crippen LogP contribution < -0.4 is 21.3 Å². The average molecular weight is 596 g/mol. The summed E-state index contributed by atoms with van der Waals surface area (Å²) >= 11 is 0. The molecule has 1 saturated carbocycles. The highest BCUT2D eigenvalue weighted by atomic mass is 16.6. The van der Waals surface area contributed by atoms with E-state index >= 15 is 0 Å². The minimum Gasteiger partial charge on any atom is -0.448 e. The molecule has 1 aliphatic carbocycles. The van der Waals surface area contributed by atoms with Gasteiger partial charge in [0, 0.05) is 23.7 Å². The number of anilines is 1. The molecule has 6 atom stereocenters. The maximum atomic E-state index is 13.7. The molecule has 43 heavy (non-hydrogen) atoms. The van der Waals surface area contributed by atoms with Gasteiger partial charge >= 0.3 is 5.97 Å². The number of benzene rings is 1. The van der Waals surface area contributed by atoms with Crippen LogP contribution in [0.2, 0.25) is 0 Å². The van der Waals surface area contributed by atoms with E-state index in [1.807, 2.05) is 26.8 Å². The lowest BCUT2D eigenvalue weighted by Gasteiger charge is -2.35. The van der Waals surface area contributed by atoms with Crippen molar-refractivity contribution in [3.05, 3.63) is 29.8 Å². The van der Waals surface area contributed by atoms with Crippen LogP contribution in [0.3, 0.4) is 0 Å². The van der Waals surface area contributed by atoms with Crippen LogP contribution in [-0.2, 0) is 35.3 Å². The van der Waals surface area contributed by atoms with E-state index in [2.05, 4.69) is 21.3 Å². The fourth-order valence-corrected chi connectivity index (χ4v) is 7.40. The molecule has 4 aliphatic rings. The Morgan fingerprint density at radius 2 is 1.79 bits per heavy atom. The topological polar surface area (TPSA) is 146 Å². The SMILES string of the molecule is CN[C@@H](C)C(=O)NC1CCCC[C@H]2CCC(C(=O)NCc3cccc(NC(=O)C45CC[C@@](C)(C(=O)O4)C5(C)C)c3)N2C1=O. The minimum atomic E-state index is -1.22. The zero-order valence-electron chi connectivity index (χ0n) is 25.9. The predicted octanol–water partition coefficient (Wildman–Crippen LogP) is 2.39. The Morgan fingerprint density at radius 1 is 1.05 bits per heavy atom. The highest BCUT2D eigenvalue weighted by Gasteiger charge is 2.75. The molecule has 0 radical (unpaired) electrons. The molecule has 2 bridgehead atoms. The molecule has 3 aliphatic heterocycles. The number of hydrogen-bond donors (Lipinski definition) is 4. The van der Waals surface area contributed by atoms with Crippen molar-refractivity contribution in [1.82, 2.24) is 20.9 Å². The smallest absolute Gasteiger partial charge is 0.313 e. The molecule has 1 aromatic carbocycles. The Balaban J connectivity index is 1.23. The van der Waals surface area contributed by atoms with Crippen LogP contribution in [0.5, 0.6) is 0 Å². The van der Waals surface area contributed by atoms with Crippen molar-refractivity contribution < 1.29 is 28.7 Å². The molecular weight excluding hydrogens is 550 g/mol. The number of carbonyl (C=O) groups is 5. The first-order valence-corrected chi connectivity index (χ1v) is 15.6. The van der Waals surface area contributed by atoms with Crippen molar-refractivity contribution in [2.45, 2.75) is 115 Å². The van der Waals surface area contributed by atoms with Crippen LogP contribution in [0, 0.1) is 10.8 Å². The van der Waals surface area contributed by atoms with Crippen LogP contribution in [0.15, 0.2) is 24.3 Å². The number of esters is 1. The Labute approximate surface area is 253 Å². The number of nitrogens with one attached hydrogen (secondary N) is 4. The van der Waals surface area contributed by atoms with Gasteiger partial charge in [-0.05, 0) is 77.1 Å². The van der Waals surface area contributed by atoms with Gasteiger partial charge in [-0.1, -0.05) is 38.8 Å². The fourth-order valence-electron chi connectivity index (χ4n) is 7.40. The van der Waals surface area contributed by atoms with Crippen LogP contribution in [-0.4, -0.2) is 71.3 Å². The third-order valence-electron chi connectivity index (χ3n) is 10.9.